The molecule has 2 unspecified atom stereocenters. The minimum atomic E-state index is 0.0373. The third-order valence-electron chi connectivity index (χ3n) is 6.50. The maximum absolute atomic E-state index is 12.1. The predicted octanol–water partition coefficient (Wildman–Crippen LogP) is 4.38. The Morgan fingerprint density at radius 2 is 1.92 bits per heavy atom. The largest absolute Gasteiger partial charge is 0.383 e. The first-order valence-corrected chi connectivity index (χ1v) is 10.1. The average Bonchev–Trinajstić information content (AvgIpc) is 3.15. The van der Waals surface area contributed by atoms with Crippen LogP contribution in [0.3, 0.4) is 0 Å². The standard InChI is InChI=1S/C21H34N4O/c1-6-7-23-13(2)10-21(4)11-16-8-15(9-17(16)12-21)19-18(14(3)26)20(22)25(5)24-19/h15-17H,6-12,22H2,1-5H3. The Morgan fingerprint density at radius 3 is 2.46 bits per heavy atom. The fourth-order valence-electron chi connectivity index (χ4n) is 5.61. The molecule has 5 nitrogen and oxygen atoms in total. The lowest BCUT2D eigenvalue weighted by molar-refractivity contribution is 0.101. The van der Waals surface area contributed by atoms with Crippen LogP contribution in [0.25, 0.3) is 0 Å². The molecule has 3 rings (SSSR count). The number of aliphatic imine (C=N–C) groups is 1. The maximum atomic E-state index is 12.1. The number of rotatable bonds is 6. The van der Waals surface area contributed by atoms with Gasteiger partial charge in [0.2, 0.25) is 0 Å². The van der Waals surface area contributed by atoms with Crippen LogP contribution in [0.15, 0.2) is 4.99 Å². The molecule has 0 amide bonds. The van der Waals surface area contributed by atoms with E-state index in [4.69, 9.17) is 10.7 Å². The monoisotopic (exact) mass is 358 g/mol. The molecule has 1 heterocycles. The summed E-state index contributed by atoms with van der Waals surface area (Å²) in [4.78, 5) is 16.8. The Labute approximate surface area is 157 Å². The van der Waals surface area contributed by atoms with Gasteiger partial charge in [-0.1, -0.05) is 13.8 Å². The number of ketones is 1. The van der Waals surface area contributed by atoms with Crippen LogP contribution in [-0.4, -0.2) is 27.8 Å². The summed E-state index contributed by atoms with van der Waals surface area (Å²) in [6, 6.07) is 0. The van der Waals surface area contributed by atoms with Gasteiger partial charge in [0, 0.05) is 25.2 Å². The van der Waals surface area contributed by atoms with Gasteiger partial charge in [0.15, 0.2) is 5.78 Å². The van der Waals surface area contributed by atoms with E-state index < -0.39 is 0 Å². The number of carbonyl (C=O) groups excluding carboxylic acids is 1. The van der Waals surface area contributed by atoms with E-state index in [1.165, 1.54) is 18.6 Å². The normalized spacial score (nSPS) is 31.4. The van der Waals surface area contributed by atoms with Crippen LogP contribution in [0.4, 0.5) is 5.82 Å². The van der Waals surface area contributed by atoms with E-state index >= 15 is 0 Å². The van der Waals surface area contributed by atoms with E-state index in [0.29, 0.717) is 22.7 Å². The highest BCUT2D eigenvalue weighted by atomic mass is 16.1. The number of aryl methyl sites for hydroxylation is 1. The molecule has 1 aromatic heterocycles. The van der Waals surface area contributed by atoms with Crippen LogP contribution in [0.1, 0.15) is 88.2 Å². The maximum Gasteiger partial charge on any atom is 0.165 e. The molecule has 2 N–H and O–H groups in total. The van der Waals surface area contributed by atoms with Crippen LogP contribution < -0.4 is 5.73 Å². The van der Waals surface area contributed by atoms with Crippen molar-refractivity contribution in [3.05, 3.63) is 11.3 Å². The van der Waals surface area contributed by atoms with Crippen LogP contribution in [0.2, 0.25) is 0 Å². The van der Waals surface area contributed by atoms with Crippen molar-refractivity contribution in [3.63, 3.8) is 0 Å². The Hall–Kier alpha value is -1.65. The molecule has 144 valence electrons. The average molecular weight is 359 g/mol. The number of aromatic nitrogens is 2. The summed E-state index contributed by atoms with van der Waals surface area (Å²) < 4.78 is 1.66. The summed E-state index contributed by atoms with van der Waals surface area (Å²) in [5, 5.41) is 4.61. The molecule has 0 saturated heterocycles. The van der Waals surface area contributed by atoms with E-state index in [2.05, 4.69) is 25.9 Å². The second kappa shape index (κ2) is 7.16. The Bertz CT molecular complexity index is 704. The molecule has 26 heavy (non-hydrogen) atoms. The van der Waals surface area contributed by atoms with Gasteiger partial charge in [0.25, 0.3) is 0 Å². The Balaban J connectivity index is 1.69. The van der Waals surface area contributed by atoms with Crippen molar-refractivity contribution in [3.8, 4) is 0 Å². The van der Waals surface area contributed by atoms with Gasteiger partial charge in [-0.2, -0.15) is 5.10 Å². The van der Waals surface area contributed by atoms with E-state index in [1.54, 1.807) is 11.6 Å². The number of hydrogen-bond acceptors (Lipinski definition) is 4. The van der Waals surface area contributed by atoms with E-state index in [1.807, 2.05) is 7.05 Å². The molecule has 5 heteroatoms. The minimum absolute atomic E-state index is 0.0373. The smallest absolute Gasteiger partial charge is 0.165 e. The molecule has 2 fully saturated rings. The first-order chi connectivity index (χ1) is 12.2. The highest BCUT2D eigenvalue weighted by molar-refractivity contribution is 5.99. The highest BCUT2D eigenvalue weighted by Gasteiger charge is 2.48. The topological polar surface area (TPSA) is 73.3 Å². The molecule has 0 aromatic carbocycles. The van der Waals surface area contributed by atoms with Gasteiger partial charge < -0.3 is 5.73 Å². The second-order valence-electron chi connectivity index (χ2n) is 9.03. The van der Waals surface area contributed by atoms with Crippen molar-refractivity contribution in [1.29, 1.82) is 0 Å². The number of hydrogen-bond donors (Lipinski definition) is 1. The summed E-state index contributed by atoms with van der Waals surface area (Å²) in [5.74, 6) is 2.42. The number of nitrogens with two attached hydrogens (primary N) is 1. The van der Waals surface area contributed by atoms with Crippen molar-refractivity contribution in [2.75, 3.05) is 12.3 Å². The number of carbonyl (C=O) groups is 1. The lowest BCUT2D eigenvalue weighted by atomic mass is 9.80. The Morgan fingerprint density at radius 1 is 1.31 bits per heavy atom. The van der Waals surface area contributed by atoms with Gasteiger partial charge in [0.1, 0.15) is 5.82 Å². The van der Waals surface area contributed by atoms with Crippen LogP contribution in [0.5, 0.6) is 0 Å². The molecule has 0 bridgehead atoms. The molecule has 0 aliphatic heterocycles. The highest BCUT2D eigenvalue weighted by Crippen LogP contribution is 2.58. The van der Waals surface area contributed by atoms with Gasteiger partial charge in [0.05, 0.1) is 11.3 Å². The van der Waals surface area contributed by atoms with Crippen molar-refractivity contribution >= 4 is 17.3 Å². The lowest BCUT2D eigenvalue weighted by Gasteiger charge is -2.26. The van der Waals surface area contributed by atoms with Crippen molar-refractivity contribution < 1.29 is 4.79 Å². The minimum Gasteiger partial charge on any atom is -0.383 e. The zero-order valence-electron chi connectivity index (χ0n) is 17.0. The van der Waals surface area contributed by atoms with Gasteiger partial charge in [-0.05, 0) is 69.6 Å². The van der Waals surface area contributed by atoms with Crippen LogP contribution in [0, 0.1) is 17.3 Å². The molecule has 2 aliphatic carbocycles. The first-order valence-electron chi connectivity index (χ1n) is 10.1. The molecule has 0 radical (unpaired) electrons. The predicted molar refractivity (Wildman–Crippen MR) is 107 cm³/mol. The van der Waals surface area contributed by atoms with E-state index in [9.17, 15) is 4.79 Å². The van der Waals surface area contributed by atoms with Gasteiger partial charge in [-0.3, -0.25) is 14.5 Å². The molecule has 0 spiro atoms. The van der Waals surface area contributed by atoms with Gasteiger partial charge >= 0.3 is 0 Å². The number of fused-ring (bicyclic) bond motifs is 1. The molecule has 2 saturated carbocycles. The SMILES string of the molecule is CCCN=C(C)CC1(C)CC2CC(c3nn(C)c(N)c3C(C)=O)CC2C1. The lowest BCUT2D eigenvalue weighted by Crippen LogP contribution is -2.18. The molecule has 1 aromatic rings. The van der Waals surface area contributed by atoms with E-state index in [-0.39, 0.29) is 5.78 Å². The van der Waals surface area contributed by atoms with Crippen LogP contribution >= 0.6 is 0 Å². The molecular formula is C21H34N4O. The third-order valence-corrected chi connectivity index (χ3v) is 6.50. The molecule has 2 atom stereocenters. The summed E-state index contributed by atoms with van der Waals surface area (Å²) in [6.07, 6.45) is 7.06. The summed E-state index contributed by atoms with van der Waals surface area (Å²) in [6.45, 7) is 9.35. The number of Topliss-reactive ketones (excluding diaryl/α,β-unsaturated/α-hetero) is 1. The fraction of sp³-hybridized carbons (Fsp3) is 0.762. The zero-order chi connectivity index (χ0) is 19.1. The summed E-state index contributed by atoms with van der Waals surface area (Å²) >= 11 is 0. The summed E-state index contributed by atoms with van der Waals surface area (Å²) in [5.41, 5.74) is 9.38. The fourth-order valence-corrected chi connectivity index (χ4v) is 5.61. The first kappa shape index (κ1) is 19.1. The van der Waals surface area contributed by atoms with Crippen molar-refractivity contribution in [1.82, 2.24) is 9.78 Å². The van der Waals surface area contributed by atoms with Crippen molar-refractivity contribution in [2.45, 2.75) is 72.1 Å². The number of nitrogen functional groups attached to an aromatic ring is 1. The third kappa shape index (κ3) is 3.58. The van der Waals surface area contributed by atoms with E-state index in [0.717, 1.165) is 49.8 Å². The number of anilines is 1. The van der Waals surface area contributed by atoms with Crippen LogP contribution in [-0.2, 0) is 7.05 Å². The van der Waals surface area contributed by atoms with Gasteiger partial charge in [-0.15, -0.1) is 0 Å². The zero-order valence-corrected chi connectivity index (χ0v) is 17.0. The second-order valence-corrected chi connectivity index (χ2v) is 9.03. The quantitative estimate of drug-likeness (QED) is 0.606. The number of nitrogens with zero attached hydrogens (tertiary/aromatic N) is 3. The van der Waals surface area contributed by atoms with Gasteiger partial charge in [-0.25, -0.2) is 0 Å². The summed E-state index contributed by atoms with van der Waals surface area (Å²) in [7, 11) is 1.83. The molecular weight excluding hydrogens is 324 g/mol. The van der Waals surface area contributed by atoms with Crippen molar-refractivity contribution in [2.24, 2.45) is 29.3 Å². The Kier molecular flexibility index (Phi) is 5.27. The molecule has 2 aliphatic rings.